The molecule has 1 saturated heterocycles. The van der Waals surface area contributed by atoms with Crippen LogP contribution in [0.15, 0.2) is 24.3 Å². The highest BCUT2D eigenvalue weighted by molar-refractivity contribution is 5.73. The second kappa shape index (κ2) is 5.63. The number of anilines is 1. The number of aryl methyl sites for hydroxylation is 1. The van der Waals surface area contributed by atoms with Gasteiger partial charge in [-0.05, 0) is 38.8 Å². The number of hydrogen-bond acceptors (Lipinski definition) is 4. The lowest BCUT2D eigenvalue weighted by molar-refractivity contribution is 0.0232. The predicted molar refractivity (Wildman–Crippen MR) is 78.6 cm³/mol. The maximum absolute atomic E-state index is 5.59. The molecule has 2 N–H and O–H groups in total. The van der Waals surface area contributed by atoms with Crippen molar-refractivity contribution in [2.75, 3.05) is 11.9 Å². The minimum absolute atomic E-state index is 0.319. The van der Waals surface area contributed by atoms with Crippen molar-refractivity contribution >= 4 is 5.69 Å². The number of benzene rings is 1. The van der Waals surface area contributed by atoms with Crippen LogP contribution in [0.25, 0.3) is 11.4 Å². The third-order valence-electron chi connectivity index (χ3n) is 3.61. The Morgan fingerprint density at radius 1 is 1.35 bits per heavy atom. The number of H-pyrrole nitrogens is 1. The fourth-order valence-corrected chi connectivity index (χ4v) is 2.62. The molecule has 5 nitrogen and oxygen atoms in total. The molecule has 2 heterocycles. The lowest BCUT2D eigenvalue weighted by Crippen LogP contribution is -2.32. The monoisotopic (exact) mass is 272 g/mol. The van der Waals surface area contributed by atoms with E-state index in [1.807, 2.05) is 25.1 Å². The van der Waals surface area contributed by atoms with Crippen molar-refractivity contribution in [2.45, 2.75) is 38.8 Å². The number of aromatic nitrogens is 3. The Balaban J connectivity index is 1.83. The van der Waals surface area contributed by atoms with Gasteiger partial charge in [-0.25, -0.2) is 4.98 Å². The van der Waals surface area contributed by atoms with Crippen LogP contribution < -0.4 is 5.32 Å². The largest absolute Gasteiger partial charge is 0.382 e. The average Bonchev–Trinajstić information content (AvgIpc) is 2.86. The van der Waals surface area contributed by atoms with Gasteiger partial charge < -0.3 is 10.1 Å². The molecule has 0 aliphatic carbocycles. The van der Waals surface area contributed by atoms with E-state index in [2.05, 4.69) is 33.5 Å². The summed E-state index contributed by atoms with van der Waals surface area (Å²) in [7, 11) is 0. The predicted octanol–water partition coefficient (Wildman–Crippen LogP) is 2.76. The van der Waals surface area contributed by atoms with E-state index in [1.165, 1.54) is 0 Å². The third-order valence-corrected chi connectivity index (χ3v) is 3.61. The van der Waals surface area contributed by atoms with E-state index in [0.29, 0.717) is 12.1 Å². The van der Waals surface area contributed by atoms with Gasteiger partial charge in [0.25, 0.3) is 0 Å². The molecule has 0 bridgehead atoms. The van der Waals surface area contributed by atoms with Crippen molar-refractivity contribution < 1.29 is 4.74 Å². The summed E-state index contributed by atoms with van der Waals surface area (Å²) in [6, 6.07) is 8.63. The van der Waals surface area contributed by atoms with Crippen molar-refractivity contribution in [1.29, 1.82) is 0 Å². The molecule has 0 saturated carbocycles. The molecular formula is C15H20N4O. The summed E-state index contributed by atoms with van der Waals surface area (Å²) in [5.41, 5.74) is 2.13. The van der Waals surface area contributed by atoms with E-state index in [0.717, 1.165) is 42.3 Å². The average molecular weight is 272 g/mol. The molecule has 5 heteroatoms. The summed E-state index contributed by atoms with van der Waals surface area (Å²) in [5, 5.41) is 10.8. The number of rotatable bonds is 3. The highest BCUT2D eigenvalue weighted by Gasteiger charge is 2.20. The van der Waals surface area contributed by atoms with Crippen LogP contribution >= 0.6 is 0 Å². The van der Waals surface area contributed by atoms with E-state index in [9.17, 15) is 0 Å². The standard InChI is InChI=1S/C15H20N4O/c1-10-9-12(7-8-20-10)17-14-6-4-3-5-13(14)15-16-11(2)18-19-15/h3-6,10,12,17H,7-9H2,1-2H3,(H,16,18,19). The molecule has 1 aromatic heterocycles. The minimum atomic E-state index is 0.319. The molecular weight excluding hydrogens is 252 g/mol. The Bertz CT molecular complexity index is 581. The fourth-order valence-electron chi connectivity index (χ4n) is 2.62. The first kappa shape index (κ1) is 13.1. The molecule has 0 spiro atoms. The first-order valence-corrected chi connectivity index (χ1v) is 7.09. The highest BCUT2D eigenvalue weighted by Crippen LogP contribution is 2.27. The van der Waals surface area contributed by atoms with Crippen LogP contribution in [0.4, 0.5) is 5.69 Å². The highest BCUT2D eigenvalue weighted by atomic mass is 16.5. The van der Waals surface area contributed by atoms with Gasteiger partial charge in [0.1, 0.15) is 5.82 Å². The van der Waals surface area contributed by atoms with Gasteiger partial charge in [0, 0.05) is 23.9 Å². The number of hydrogen-bond donors (Lipinski definition) is 2. The zero-order valence-electron chi connectivity index (χ0n) is 11.9. The molecule has 1 aliphatic rings. The van der Waals surface area contributed by atoms with Crippen molar-refractivity contribution in [3.05, 3.63) is 30.1 Å². The Morgan fingerprint density at radius 2 is 2.20 bits per heavy atom. The number of nitrogens with zero attached hydrogens (tertiary/aromatic N) is 2. The van der Waals surface area contributed by atoms with Crippen LogP contribution in [-0.2, 0) is 4.74 Å². The smallest absolute Gasteiger partial charge is 0.183 e. The number of nitrogens with one attached hydrogen (secondary N) is 2. The summed E-state index contributed by atoms with van der Waals surface area (Å²) in [6.07, 6.45) is 2.38. The summed E-state index contributed by atoms with van der Waals surface area (Å²) < 4.78 is 5.59. The Labute approximate surface area is 118 Å². The lowest BCUT2D eigenvalue weighted by atomic mass is 10.0. The van der Waals surface area contributed by atoms with E-state index in [1.54, 1.807) is 0 Å². The SMILES string of the molecule is Cc1nc(-c2ccccc2NC2CCOC(C)C2)n[nH]1. The molecule has 2 unspecified atom stereocenters. The van der Waals surface area contributed by atoms with Crippen molar-refractivity contribution in [3.63, 3.8) is 0 Å². The lowest BCUT2D eigenvalue weighted by Gasteiger charge is -2.29. The number of para-hydroxylation sites is 1. The van der Waals surface area contributed by atoms with Crippen molar-refractivity contribution in [2.24, 2.45) is 0 Å². The van der Waals surface area contributed by atoms with Gasteiger partial charge in [-0.1, -0.05) is 12.1 Å². The van der Waals surface area contributed by atoms with Gasteiger partial charge >= 0.3 is 0 Å². The van der Waals surface area contributed by atoms with E-state index in [4.69, 9.17) is 4.74 Å². The molecule has 20 heavy (non-hydrogen) atoms. The molecule has 3 rings (SSSR count). The molecule has 106 valence electrons. The van der Waals surface area contributed by atoms with Gasteiger partial charge in [-0.15, -0.1) is 0 Å². The van der Waals surface area contributed by atoms with Crippen LogP contribution in [0.5, 0.6) is 0 Å². The summed E-state index contributed by atoms with van der Waals surface area (Å²) >= 11 is 0. The van der Waals surface area contributed by atoms with Crippen LogP contribution in [-0.4, -0.2) is 33.9 Å². The van der Waals surface area contributed by atoms with Gasteiger partial charge in [-0.3, -0.25) is 5.10 Å². The first-order chi connectivity index (χ1) is 9.72. The maximum Gasteiger partial charge on any atom is 0.183 e. The van der Waals surface area contributed by atoms with Gasteiger partial charge in [0.05, 0.1) is 6.10 Å². The van der Waals surface area contributed by atoms with Gasteiger partial charge in [0.15, 0.2) is 5.82 Å². The normalized spacial score (nSPS) is 22.7. The minimum Gasteiger partial charge on any atom is -0.382 e. The molecule has 1 aliphatic heterocycles. The molecule has 1 fully saturated rings. The number of ether oxygens (including phenoxy) is 1. The van der Waals surface area contributed by atoms with Crippen LogP contribution in [0.3, 0.4) is 0 Å². The molecule has 0 amide bonds. The second-order valence-electron chi connectivity index (χ2n) is 5.34. The van der Waals surface area contributed by atoms with Crippen LogP contribution in [0.2, 0.25) is 0 Å². The fraction of sp³-hybridized carbons (Fsp3) is 0.467. The second-order valence-corrected chi connectivity index (χ2v) is 5.34. The van der Waals surface area contributed by atoms with Gasteiger partial charge in [-0.2, -0.15) is 5.10 Å². The maximum atomic E-state index is 5.59. The Morgan fingerprint density at radius 3 is 2.95 bits per heavy atom. The van der Waals surface area contributed by atoms with E-state index >= 15 is 0 Å². The Kier molecular flexibility index (Phi) is 3.69. The molecule has 1 aromatic carbocycles. The van der Waals surface area contributed by atoms with E-state index in [-0.39, 0.29) is 0 Å². The van der Waals surface area contributed by atoms with Crippen molar-refractivity contribution in [3.8, 4) is 11.4 Å². The van der Waals surface area contributed by atoms with E-state index < -0.39 is 0 Å². The van der Waals surface area contributed by atoms with Gasteiger partial charge in [0.2, 0.25) is 0 Å². The molecule has 2 atom stereocenters. The quantitative estimate of drug-likeness (QED) is 0.902. The third kappa shape index (κ3) is 2.82. The summed E-state index contributed by atoms with van der Waals surface area (Å²) in [4.78, 5) is 4.42. The number of aromatic amines is 1. The Hall–Kier alpha value is -1.88. The molecule has 0 radical (unpaired) electrons. The first-order valence-electron chi connectivity index (χ1n) is 7.09. The van der Waals surface area contributed by atoms with Crippen LogP contribution in [0, 0.1) is 6.92 Å². The topological polar surface area (TPSA) is 62.8 Å². The zero-order valence-corrected chi connectivity index (χ0v) is 11.9. The summed E-state index contributed by atoms with van der Waals surface area (Å²) in [5.74, 6) is 1.57. The summed E-state index contributed by atoms with van der Waals surface area (Å²) in [6.45, 7) is 4.85. The van der Waals surface area contributed by atoms with Crippen molar-refractivity contribution in [1.82, 2.24) is 15.2 Å². The molecule has 2 aromatic rings. The zero-order chi connectivity index (χ0) is 13.9. The van der Waals surface area contributed by atoms with Crippen LogP contribution in [0.1, 0.15) is 25.6 Å².